The number of nitrogens with one attached hydrogen (secondary N) is 1. The van der Waals surface area contributed by atoms with Gasteiger partial charge in [0.2, 0.25) is 5.91 Å². The van der Waals surface area contributed by atoms with E-state index in [1.54, 1.807) is 18.2 Å². The van der Waals surface area contributed by atoms with Gasteiger partial charge in [-0.1, -0.05) is 37.7 Å². The number of anilines is 1. The van der Waals surface area contributed by atoms with Gasteiger partial charge >= 0.3 is 0 Å². The summed E-state index contributed by atoms with van der Waals surface area (Å²) >= 11 is 12.9. The van der Waals surface area contributed by atoms with Crippen LogP contribution in [0.1, 0.15) is 13.8 Å². The van der Waals surface area contributed by atoms with E-state index in [-0.39, 0.29) is 16.8 Å². The lowest BCUT2D eigenvalue weighted by Gasteiger charge is -2.19. The maximum absolute atomic E-state index is 12.1. The Morgan fingerprint density at radius 3 is 2.56 bits per heavy atom. The van der Waals surface area contributed by atoms with E-state index in [4.69, 9.17) is 29.6 Å². The molecule has 1 rings (SSSR count). The molecule has 0 aliphatic carbocycles. The molecule has 1 atom stereocenters. The Morgan fingerprint density at radius 2 is 2.11 bits per heavy atom. The number of rotatable bonds is 4. The number of thiocarbonyl (C=S) groups is 1. The maximum atomic E-state index is 12.1. The zero-order valence-electron chi connectivity index (χ0n) is 10.0. The van der Waals surface area contributed by atoms with Crippen LogP contribution in [0.3, 0.4) is 0 Å². The molecule has 98 valence electrons. The van der Waals surface area contributed by atoms with Crippen molar-refractivity contribution in [2.24, 2.45) is 17.6 Å². The van der Waals surface area contributed by atoms with Gasteiger partial charge in [-0.15, -0.1) is 0 Å². The molecule has 0 fully saturated rings. The predicted molar refractivity (Wildman–Crippen MR) is 87.9 cm³/mol. The van der Waals surface area contributed by atoms with E-state index < -0.39 is 5.92 Å². The van der Waals surface area contributed by atoms with Gasteiger partial charge in [0.1, 0.15) is 0 Å². The van der Waals surface area contributed by atoms with E-state index in [0.29, 0.717) is 10.7 Å². The molecule has 1 amide bonds. The van der Waals surface area contributed by atoms with Gasteiger partial charge in [-0.05, 0) is 46.7 Å². The Labute approximate surface area is 131 Å². The molecule has 0 saturated carbocycles. The molecule has 3 nitrogen and oxygen atoms in total. The van der Waals surface area contributed by atoms with Gasteiger partial charge in [-0.2, -0.15) is 0 Å². The zero-order valence-corrected chi connectivity index (χ0v) is 13.8. The van der Waals surface area contributed by atoms with E-state index in [1.807, 2.05) is 13.8 Å². The van der Waals surface area contributed by atoms with Gasteiger partial charge in [0, 0.05) is 8.59 Å². The van der Waals surface area contributed by atoms with Crippen molar-refractivity contribution in [2.45, 2.75) is 13.8 Å². The molecule has 0 radical (unpaired) electrons. The smallest absolute Gasteiger partial charge is 0.234 e. The largest absolute Gasteiger partial charge is 0.393 e. The highest BCUT2D eigenvalue weighted by Crippen LogP contribution is 2.23. The van der Waals surface area contributed by atoms with Gasteiger partial charge in [-0.3, -0.25) is 4.79 Å². The second-order valence-electron chi connectivity index (χ2n) is 4.24. The molecule has 6 heteroatoms. The number of carbonyl (C=O) groups is 1. The summed E-state index contributed by atoms with van der Waals surface area (Å²) in [5, 5.41) is 3.46. The van der Waals surface area contributed by atoms with Gasteiger partial charge in [0.15, 0.2) is 0 Å². The van der Waals surface area contributed by atoms with Crippen LogP contribution in [0.15, 0.2) is 18.2 Å². The molecule has 1 aromatic rings. The van der Waals surface area contributed by atoms with Crippen LogP contribution in [0.5, 0.6) is 0 Å². The third-order valence-corrected chi connectivity index (χ3v) is 3.83. The fraction of sp³-hybridized carbons (Fsp3) is 0.333. The first-order valence-electron chi connectivity index (χ1n) is 5.38. The number of benzene rings is 1. The van der Waals surface area contributed by atoms with Crippen molar-refractivity contribution < 1.29 is 4.79 Å². The van der Waals surface area contributed by atoms with Crippen LogP contribution in [-0.2, 0) is 4.79 Å². The van der Waals surface area contributed by atoms with Crippen LogP contribution in [0.25, 0.3) is 0 Å². The van der Waals surface area contributed by atoms with Crippen molar-refractivity contribution in [2.75, 3.05) is 5.32 Å². The van der Waals surface area contributed by atoms with Crippen molar-refractivity contribution in [3.05, 3.63) is 26.8 Å². The van der Waals surface area contributed by atoms with Gasteiger partial charge in [-0.25, -0.2) is 0 Å². The Hall–Kier alpha value is -0.400. The molecule has 0 spiro atoms. The summed E-state index contributed by atoms with van der Waals surface area (Å²) in [6.07, 6.45) is 0. The summed E-state index contributed by atoms with van der Waals surface area (Å²) in [7, 11) is 0. The Balaban J connectivity index is 2.89. The quantitative estimate of drug-likeness (QED) is 0.605. The van der Waals surface area contributed by atoms with Crippen LogP contribution in [0.2, 0.25) is 5.02 Å². The number of nitrogens with two attached hydrogens (primary N) is 1. The van der Waals surface area contributed by atoms with Gasteiger partial charge in [0.05, 0.1) is 16.6 Å². The standard InChI is InChI=1S/C12H14ClIN2OS/c1-6(2)10(11(15)18)12(17)16-9-4-3-7(13)5-8(9)14/h3-6,10H,1-2H3,(H2,15,18)(H,16,17). The topological polar surface area (TPSA) is 55.1 Å². The van der Waals surface area contributed by atoms with Crippen LogP contribution in [0.4, 0.5) is 5.69 Å². The summed E-state index contributed by atoms with van der Waals surface area (Å²) in [5.41, 5.74) is 6.32. The SMILES string of the molecule is CC(C)C(C(=O)Nc1ccc(Cl)cc1I)C(N)=S. The summed E-state index contributed by atoms with van der Waals surface area (Å²) in [6, 6.07) is 5.27. The Morgan fingerprint density at radius 1 is 1.50 bits per heavy atom. The molecule has 0 bridgehead atoms. The average molecular weight is 397 g/mol. The normalized spacial score (nSPS) is 12.3. The van der Waals surface area contributed by atoms with Crippen molar-refractivity contribution >= 4 is 63.0 Å². The lowest BCUT2D eigenvalue weighted by atomic mass is 9.95. The minimum atomic E-state index is -0.466. The fourth-order valence-electron chi connectivity index (χ4n) is 1.56. The number of hydrogen-bond acceptors (Lipinski definition) is 2. The van der Waals surface area contributed by atoms with Crippen molar-refractivity contribution in [1.82, 2.24) is 0 Å². The first-order chi connectivity index (χ1) is 8.32. The zero-order chi connectivity index (χ0) is 13.9. The van der Waals surface area contributed by atoms with Crippen molar-refractivity contribution in [3.8, 4) is 0 Å². The second kappa shape index (κ2) is 6.68. The van der Waals surface area contributed by atoms with Gasteiger partial charge < -0.3 is 11.1 Å². The van der Waals surface area contributed by atoms with E-state index in [1.165, 1.54) is 0 Å². The molecule has 0 aliphatic rings. The summed E-state index contributed by atoms with van der Waals surface area (Å²) in [6.45, 7) is 3.83. The Bertz CT molecular complexity index is 479. The number of carbonyl (C=O) groups excluding carboxylic acids is 1. The number of halogens is 2. The van der Waals surface area contributed by atoms with Crippen molar-refractivity contribution in [1.29, 1.82) is 0 Å². The third kappa shape index (κ3) is 4.07. The van der Waals surface area contributed by atoms with Crippen LogP contribution in [0, 0.1) is 15.4 Å². The monoisotopic (exact) mass is 396 g/mol. The second-order valence-corrected chi connectivity index (χ2v) is 6.31. The molecule has 1 unspecified atom stereocenters. The minimum Gasteiger partial charge on any atom is -0.393 e. The van der Waals surface area contributed by atoms with E-state index in [9.17, 15) is 4.79 Å². The molecular weight excluding hydrogens is 383 g/mol. The van der Waals surface area contributed by atoms with Gasteiger partial charge in [0.25, 0.3) is 0 Å². The molecular formula is C12H14ClIN2OS. The molecule has 1 aromatic carbocycles. The molecule has 18 heavy (non-hydrogen) atoms. The predicted octanol–water partition coefficient (Wildman–Crippen LogP) is 3.44. The molecule has 0 aromatic heterocycles. The molecule has 0 saturated heterocycles. The molecule has 3 N–H and O–H groups in total. The highest BCUT2D eigenvalue weighted by atomic mass is 127. The number of hydrogen-bond donors (Lipinski definition) is 2. The summed E-state index contributed by atoms with van der Waals surface area (Å²) in [4.78, 5) is 12.3. The van der Waals surface area contributed by atoms with Crippen LogP contribution < -0.4 is 11.1 Å². The van der Waals surface area contributed by atoms with E-state index in [2.05, 4.69) is 27.9 Å². The molecule has 0 heterocycles. The molecule has 0 aliphatic heterocycles. The first-order valence-corrected chi connectivity index (χ1v) is 7.24. The highest BCUT2D eigenvalue weighted by Gasteiger charge is 2.25. The lowest BCUT2D eigenvalue weighted by molar-refractivity contribution is -0.118. The van der Waals surface area contributed by atoms with E-state index >= 15 is 0 Å². The van der Waals surface area contributed by atoms with E-state index in [0.717, 1.165) is 3.57 Å². The fourth-order valence-corrected chi connectivity index (χ4v) is 2.95. The summed E-state index contributed by atoms with van der Waals surface area (Å²) < 4.78 is 0.874. The summed E-state index contributed by atoms with van der Waals surface area (Å²) in [5.74, 6) is -0.586. The van der Waals surface area contributed by atoms with Crippen molar-refractivity contribution in [3.63, 3.8) is 0 Å². The van der Waals surface area contributed by atoms with Crippen LogP contribution in [-0.4, -0.2) is 10.9 Å². The third-order valence-electron chi connectivity index (χ3n) is 2.44. The average Bonchev–Trinajstić information content (AvgIpc) is 2.21. The first kappa shape index (κ1) is 15.7. The highest BCUT2D eigenvalue weighted by molar-refractivity contribution is 14.1. The lowest BCUT2D eigenvalue weighted by Crippen LogP contribution is -2.36. The number of amides is 1. The van der Waals surface area contributed by atoms with Crippen LogP contribution >= 0.6 is 46.4 Å². The Kier molecular flexibility index (Phi) is 5.81. The minimum absolute atomic E-state index is 0.0625. The maximum Gasteiger partial charge on any atom is 0.234 e.